The van der Waals surface area contributed by atoms with E-state index in [9.17, 15) is 27.6 Å². The van der Waals surface area contributed by atoms with Gasteiger partial charge in [-0.2, -0.15) is 0 Å². The second-order valence-corrected chi connectivity index (χ2v) is 6.21. The molecule has 0 spiro atoms. The molecule has 0 fully saturated rings. The van der Waals surface area contributed by atoms with Crippen molar-refractivity contribution in [3.8, 4) is 11.5 Å². The number of benzene rings is 2. The maximum Gasteiger partial charge on any atom is 0.573 e. The van der Waals surface area contributed by atoms with Gasteiger partial charge in [0.1, 0.15) is 11.3 Å². The molecule has 30 heavy (non-hydrogen) atoms. The number of carbonyl (C=O) groups excluding carboxylic acids is 2. The van der Waals surface area contributed by atoms with E-state index in [0.717, 1.165) is 23.6 Å². The lowest BCUT2D eigenvalue weighted by Gasteiger charge is -2.16. The van der Waals surface area contributed by atoms with E-state index in [-0.39, 0.29) is 10.9 Å². The Labute approximate surface area is 167 Å². The molecule has 10 heteroatoms. The molecular formula is C20H15F3N2O5. The molecule has 1 aromatic heterocycles. The summed E-state index contributed by atoms with van der Waals surface area (Å²) in [4.78, 5) is 37.3. The number of carbonyl (C=O) groups is 2. The third-order valence-corrected chi connectivity index (χ3v) is 4.06. The molecule has 3 aromatic rings. The summed E-state index contributed by atoms with van der Waals surface area (Å²) < 4.78 is 47.9. The smallest absolute Gasteiger partial charge is 0.425 e. The Hall–Kier alpha value is -3.82. The Morgan fingerprint density at radius 1 is 1.07 bits per heavy atom. The number of hydrogen-bond acceptors (Lipinski definition) is 5. The normalized spacial score (nSPS) is 11.2. The van der Waals surface area contributed by atoms with Gasteiger partial charge in [0, 0.05) is 25.0 Å². The third-order valence-electron chi connectivity index (χ3n) is 4.06. The zero-order valence-corrected chi connectivity index (χ0v) is 15.7. The number of rotatable bonds is 4. The number of pyridine rings is 1. The molecule has 0 aliphatic heterocycles. The van der Waals surface area contributed by atoms with Crippen LogP contribution in [0.15, 0.2) is 53.3 Å². The molecule has 1 amide bonds. The highest BCUT2D eigenvalue weighted by molar-refractivity contribution is 6.10. The highest BCUT2D eigenvalue weighted by atomic mass is 19.4. The SMILES string of the molecule is CC(=O)Oc1c(C(=O)Nc2ccccc2)c(=O)n(C)c2ccc(OC(F)(F)F)cc12. The molecule has 0 saturated carbocycles. The number of ether oxygens (including phenoxy) is 2. The van der Waals surface area contributed by atoms with Crippen molar-refractivity contribution in [3.05, 3.63) is 64.4 Å². The van der Waals surface area contributed by atoms with Gasteiger partial charge in [-0.05, 0) is 30.3 Å². The third kappa shape index (κ3) is 4.43. The summed E-state index contributed by atoms with van der Waals surface area (Å²) in [6, 6.07) is 11.3. The summed E-state index contributed by atoms with van der Waals surface area (Å²) in [5, 5.41) is 2.43. The number of aromatic nitrogens is 1. The number of halogens is 3. The molecule has 3 rings (SSSR count). The van der Waals surface area contributed by atoms with Crippen LogP contribution in [-0.4, -0.2) is 22.8 Å². The molecule has 1 heterocycles. The predicted molar refractivity (Wildman–Crippen MR) is 102 cm³/mol. The van der Waals surface area contributed by atoms with Crippen molar-refractivity contribution in [2.75, 3.05) is 5.32 Å². The van der Waals surface area contributed by atoms with Gasteiger partial charge in [-0.1, -0.05) is 18.2 Å². The summed E-state index contributed by atoms with van der Waals surface area (Å²) in [6.07, 6.45) is -4.95. The van der Waals surface area contributed by atoms with E-state index in [0.29, 0.717) is 5.69 Å². The monoisotopic (exact) mass is 420 g/mol. The van der Waals surface area contributed by atoms with Gasteiger partial charge in [-0.25, -0.2) is 0 Å². The van der Waals surface area contributed by atoms with Crippen molar-refractivity contribution in [2.45, 2.75) is 13.3 Å². The van der Waals surface area contributed by atoms with Gasteiger partial charge in [-0.3, -0.25) is 14.4 Å². The Morgan fingerprint density at radius 3 is 2.33 bits per heavy atom. The van der Waals surface area contributed by atoms with Gasteiger partial charge in [0.05, 0.1) is 5.52 Å². The van der Waals surface area contributed by atoms with E-state index in [2.05, 4.69) is 10.1 Å². The van der Waals surface area contributed by atoms with Crippen LogP contribution in [0.1, 0.15) is 17.3 Å². The van der Waals surface area contributed by atoms with E-state index >= 15 is 0 Å². The number of alkyl halides is 3. The van der Waals surface area contributed by atoms with Gasteiger partial charge in [0.15, 0.2) is 5.75 Å². The lowest BCUT2D eigenvalue weighted by molar-refractivity contribution is -0.274. The number of esters is 1. The van der Waals surface area contributed by atoms with E-state index in [4.69, 9.17) is 4.74 Å². The standard InChI is InChI=1S/C20H15F3N2O5/c1-11(26)29-17-14-10-13(30-20(21,22)23)8-9-15(14)25(2)19(28)16(17)18(27)24-12-6-4-3-5-7-12/h3-10H,1-2H3,(H,24,27). The highest BCUT2D eigenvalue weighted by Crippen LogP contribution is 2.33. The quantitative estimate of drug-likeness (QED) is 0.652. The fourth-order valence-electron chi connectivity index (χ4n) is 2.86. The number of nitrogens with one attached hydrogen (secondary N) is 1. The number of fused-ring (bicyclic) bond motifs is 1. The highest BCUT2D eigenvalue weighted by Gasteiger charge is 2.32. The molecule has 0 aliphatic rings. The lowest BCUT2D eigenvalue weighted by Crippen LogP contribution is -2.29. The van der Waals surface area contributed by atoms with Crippen LogP contribution in [0.5, 0.6) is 11.5 Å². The number of nitrogens with zero attached hydrogens (tertiary/aromatic N) is 1. The average molecular weight is 420 g/mol. The van der Waals surface area contributed by atoms with Crippen LogP contribution in [-0.2, 0) is 11.8 Å². The van der Waals surface area contributed by atoms with E-state index in [1.54, 1.807) is 30.3 Å². The van der Waals surface area contributed by atoms with Crippen molar-refractivity contribution < 1.29 is 32.2 Å². The Bertz CT molecular complexity index is 1190. The number of para-hydroxylation sites is 1. The first kappa shape index (κ1) is 20.9. The van der Waals surface area contributed by atoms with E-state index < -0.39 is 40.9 Å². The molecular weight excluding hydrogens is 405 g/mol. The van der Waals surface area contributed by atoms with Crippen LogP contribution in [0.2, 0.25) is 0 Å². The summed E-state index contributed by atoms with van der Waals surface area (Å²) >= 11 is 0. The van der Waals surface area contributed by atoms with Gasteiger partial charge >= 0.3 is 12.3 Å². The summed E-state index contributed by atoms with van der Waals surface area (Å²) in [5.74, 6) is -2.80. The minimum Gasteiger partial charge on any atom is -0.425 e. The molecule has 0 bridgehead atoms. The number of hydrogen-bond donors (Lipinski definition) is 1. The van der Waals surface area contributed by atoms with Crippen LogP contribution >= 0.6 is 0 Å². The van der Waals surface area contributed by atoms with Gasteiger partial charge in [-0.15, -0.1) is 13.2 Å². The van der Waals surface area contributed by atoms with Gasteiger partial charge < -0.3 is 19.4 Å². The number of aryl methyl sites for hydroxylation is 1. The zero-order chi connectivity index (χ0) is 22.1. The maximum atomic E-state index is 12.8. The molecule has 0 aliphatic carbocycles. The summed E-state index contributed by atoms with van der Waals surface area (Å²) in [6.45, 7) is 1.04. The molecule has 7 nitrogen and oxygen atoms in total. The number of anilines is 1. The van der Waals surface area contributed by atoms with E-state index in [1.165, 1.54) is 13.1 Å². The average Bonchev–Trinajstić information content (AvgIpc) is 2.65. The zero-order valence-electron chi connectivity index (χ0n) is 15.7. The minimum atomic E-state index is -4.95. The van der Waals surface area contributed by atoms with E-state index in [1.807, 2.05) is 0 Å². The maximum absolute atomic E-state index is 12.8. The second kappa shape index (κ2) is 7.90. The second-order valence-electron chi connectivity index (χ2n) is 6.21. The largest absolute Gasteiger partial charge is 0.573 e. The van der Waals surface area contributed by atoms with Crippen molar-refractivity contribution in [3.63, 3.8) is 0 Å². The van der Waals surface area contributed by atoms with Crippen LogP contribution in [0, 0.1) is 0 Å². The van der Waals surface area contributed by atoms with Crippen molar-refractivity contribution in [1.29, 1.82) is 0 Å². The van der Waals surface area contributed by atoms with Crippen LogP contribution in [0.3, 0.4) is 0 Å². The van der Waals surface area contributed by atoms with Gasteiger partial charge in [0.25, 0.3) is 11.5 Å². The Kier molecular flexibility index (Phi) is 5.50. The topological polar surface area (TPSA) is 86.6 Å². The molecule has 2 aromatic carbocycles. The van der Waals surface area contributed by atoms with Crippen molar-refractivity contribution in [2.24, 2.45) is 7.05 Å². The summed E-state index contributed by atoms with van der Waals surface area (Å²) in [7, 11) is 1.34. The number of amides is 1. The molecule has 1 N–H and O–H groups in total. The Morgan fingerprint density at radius 2 is 1.73 bits per heavy atom. The Balaban J connectivity index is 2.23. The van der Waals surface area contributed by atoms with Crippen LogP contribution < -0.4 is 20.3 Å². The minimum absolute atomic E-state index is 0.0766. The lowest BCUT2D eigenvalue weighted by atomic mass is 10.1. The van der Waals surface area contributed by atoms with Crippen LogP contribution in [0.4, 0.5) is 18.9 Å². The predicted octanol–water partition coefficient (Wildman–Crippen LogP) is 3.61. The molecule has 0 unspecified atom stereocenters. The first-order chi connectivity index (χ1) is 14.1. The molecule has 156 valence electrons. The van der Waals surface area contributed by atoms with Crippen molar-refractivity contribution >= 4 is 28.5 Å². The van der Waals surface area contributed by atoms with Gasteiger partial charge in [0.2, 0.25) is 0 Å². The van der Waals surface area contributed by atoms with Crippen molar-refractivity contribution in [1.82, 2.24) is 4.57 Å². The molecule has 0 saturated heterocycles. The fraction of sp³-hybridized carbons (Fsp3) is 0.150. The molecule has 0 radical (unpaired) electrons. The molecule has 0 atom stereocenters. The van der Waals surface area contributed by atoms with Crippen LogP contribution in [0.25, 0.3) is 10.9 Å². The fourth-order valence-corrected chi connectivity index (χ4v) is 2.86. The first-order valence-electron chi connectivity index (χ1n) is 8.54. The first-order valence-corrected chi connectivity index (χ1v) is 8.54. The summed E-state index contributed by atoms with van der Waals surface area (Å²) in [5.41, 5.74) is -0.820.